The van der Waals surface area contributed by atoms with Gasteiger partial charge in [-0.2, -0.15) is 5.26 Å². The standard InChI is InChI=1S/C21H19N5O2S/c1-12-7-8-17(29-12)18-14(10-22)20(23)26(15-5-2-6-16(27)19(15)18)25-21(28)13-4-3-9-24-11-13/h3-4,7-9,11,18H,2,5-6,23H2,1H3,(H,25,28). The van der Waals surface area contributed by atoms with Gasteiger partial charge in [0.15, 0.2) is 5.78 Å². The van der Waals surface area contributed by atoms with E-state index in [1.807, 2.05) is 19.1 Å². The van der Waals surface area contributed by atoms with Crippen LogP contribution in [0.3, 0.4) is 0 Å². The topological polar surface area (TPSA) is 112 Å². The van der Waals surface area contributed by atoms with Crippen molar-refractivity contribution < 1.29 is 9.59 Å². The molecule has 2 aromatic heterocycles. The van der Waals surface area contributed by atoms with Crippen LogP contribution >= 0.6 is 11.3 Å². The van der Waals surface area contributed by atoms with Crippen LogP contribution in [0.2, 0.25) is 0 Å². The number of ketones is 1. The summed E-state index contributed by atoms with van der Waals surface area (Å²) in [5.74, 6) is -0.765. The van der Waals surface area contributed by atoms with E-state index in [4.69, 9.17) is 5.73 Å². The average molecular weight is 405 g/mol. The minimum atomic E-state index is -0.493. The molecule has 0 bridgehead atoms. The Hall–Kier alpha value is -3.44. The number of aromatic nitrogens is 1. The highest BCUT2D eigenvalue weighted by atomic mass is 32.1. The molecule has 1 aliphatic carbocycles. The number of pyridine rings is 1. The van der Waals surface area contributed by atoms with Crippen LogP contribution in [0, 0.1) is 18.3 Å². The fourth-order valence-electron chi connectivity index (χ4n) is 3.77. The molecule has 0 spiro atoms. The molecule has 1 unspecified atom stereocenters. The van der Waals surface area contributed by atoms with E-state index in [1.165, 1.54) is 11.2 Å². The van der Waals surface area contributed by atoms with Crippen molar-refractivity contribution in [3.05, 3.63) is 74.6 Å². The smallest absolute Gasteiger partial charge is 0.271 e. The number of nitrogens with two attached hydrogens (primary N) is 1. The molecule has 7 nitrogen and oxygen atoms in total. The lowest BCUT2D eigenvalue weighted by Gasteiger charge is -2.38. The van der Waals surface area contributed by atoms with Gasteiger partial charge in [0, 0.05) is 34.1 Å². The molecular weight excluding hydrogens is 386 g/mol. The van der Waals surface area contributed by atoms with Crippen molar-refractivity contribution in [2.45, 2.75) is 32.1 Å². The first-order valence-corrected chi connectivity index (χ1v) is 10.1. The molecule has 29 heavy (non-hydrogen) atoms. The second-order valence-electron chi connectivity index (χ2n) is 6.95. The van der Waals surface area contributed by atoms with Gasteiger partial charge in [-0.3, -0.25) is 20.0 Å². The number of aryl methyl sites for hydroxylation is 1. The number of hydrogen-bond acceptors (Lipinski definition) is 7. The lowest BCUT2D eigenvalue weighted by Crippen LogP contribution is -2.48. The third-order valence-corrected chi connectivity index (χ3v) is 6.16. The maximum atomic E-state index is 12.9. The molecule has 3 N–H and O–H groups in total. The number of nitrogens with one attached hydrogen (secondary N) is 1. The van der Waals surface area contributed by atoms with Crippen molar-refractivity contribution in [2.24, 2.45) is 5.73 Å². The highest BCUT2D eigenvalue weighted by Crippen LogP contribution is 2.45. The number of nitriles is 1. The Morgan fingerprint density at radius 3 is 2.86 bits per heavy atom. The molecule has 0 radical (unpaired) electrons. The predicted octanol–water partition coefficient (Wildman–Crippen LogP) is 2.90. The third kappa shape index (κ3) is 3.30. The third-order valence-electron chi connectivity index (χ3n) is 5.10. The van der Waals surface area contributed by atoms with Gasteiger partial charge < -0.3 is 5.73 Å². The molecule has 8 heteroatoms. The number of thiophene rings is 1. The van der Waals surface area contributed by atoms with Gasteiger partial charge in [0.1, 0.15) is 5.82 Å². The zero-order valence-corrected chi connectivity index (χ0v) is 16.6. The fourth-order valence-corrected chi connectivity index (χ4v) is 4.77. The number of carbonyl (C=O) groups is 2. The molecule has 0 saturated carbocycles. The molecule has 0 fully saturated rings. The largest absolute Gasteiger partial charge is 0.383 e. The Morgan fingerprint density at radius 2 is 2.21 bits per heavy atom. The van der Waals surface area contributed by atoms with Crippen molar-refractivity contribution in [1.82, 2.24) is 15.4 Å². The van der Waals surface area contributed by atoms with E-state index >= 15 is 0 Å². The van der Waals surface area contributed by atoms with Crippen molar-refractivity contribution in [2.75, 3.05) is 0 Å². The first-order chi connectivity index (χ1) is 14.0. The number of rotatable bonds is 3. The van der Waals surface area contributed by atoms with Crippen LogP contribution in [0.15, 0.2) is 59.3 Å². The van der Waals surface area contributed by atoms with Gasteiger partial charge in [-0.1, -0.05) is 0 Å². The zero-order chi connectivity index (χ0) is 20.5. The summed E-state index contributed by atoms with van der Waals surface area (Å²) in [6, 6.07) is 9.38. The number of hydrazine groups is 1. The van der Waals surface area contributed by atoms with E-state index in [-0.39, 0.29) is 17.2 Å². The summed E-state index contributed by atoms with van der Waals surface area (Å²) in [7, 11) is 0. The molecule has 3 heterocycles. The van der Waals surface area contributed by atoms with Gasteiger partial charge in [-0.25, -0.2) is 5.01 Å². The minimum Gasteiger partial charge on any atom is -0.383 e. The van der Waals surface area contributed by atoms with Gasteiger partial charge in [0.2, 0.25) is 0 Å². The summed E-state index contributed by atoms with van der Waals surface area (Å²) >= 11 is 1.54. The van der Waals surface area contributed by atoms with Crippen LogP contribution < -0.4 is 11.2 Å². The summed E-state index contributed by atoms with van der Waals surface area (Å²) in [4.78, 5) is 31.6. The van der Waals surface area contributed by atoms with Gasteiger partial charge in [-0.15, -0.1) is 11.3 Å². The minimum absolute atomic E-state index is 0.0109. The SMILES string of the molecule is Cc1ccc(C2C(C#N)=C(N)N(NC(=O)c3cccnc3)C3=C2C(=O)CCC3)s1. The molecule has 146 valence electrons. The number of amides is 1. The second kappa shape index (κ2) is 7.53. The van der Waals surface area contributed by atoms with E-state index in [0.29, 0.717) is 36.1 Å². The molecule has 1 aliphatic heterocycles. The number of allylic oxidation sites excluding steroid dienone is 3. The van der Waals surface area contributed by atoms with Gasteiger partial charge >= 0.3 is 0 Å². The molecule has 1 amide bonds. The van der Waals surface area contributed by atoms with Crippen LogP contribution in [0.25, 0.3) is 0 Å². The van der Waals surface area contributed by atoms with Crippen molar-refractivity contribution in [3.8, 4) is 6.07 Å². The normalized spacial score (nSPS) is 19.1. The first-order valence-electron chi connectivity index (χ1n) is 9.24. The molecule has 4 rings (SSSR count). The van der Waals surface area contributed by atoms with Crippen LogP contribution in [-0.2, 0) is 4.79 Å². The van der Waals surface area contributed by atoms with Gasteiger partial charge in [0.25, 0.3) is 5.91 Å². The average Bonchev–Trinajstić information content (AvgIpc) is 3.16. The quantitative estimate of drug-likeness (QED) is 0.812. The predicted molar refractivity (Wildman–Crippen MR) is 108 cm³/mol. The summed E-state index contributed by atoms with van der Waals surface area (Å²) in [5, 5.41) is 11.3. The summed E-state index contributed by atoms with van der Waals surface area (Å²) < 4.78 is 0. The van der Waals surface area contributed by atoms with E-state index in [9.17, 15) is 14.9 Å². The maximum absolute atomic E-state index is 12.9. The number of hydrogen-bond donors (Lipinski definition) is 2. The monoisotopic (exact) mass is 405 g/mol. The molecule has 1 atom stereocenters. The van der Waals surface area contributed by atoms with Crippen LogP contribution in [0.1, 0.15) is 45.3 Å². The number of nitrogens with zero attached hydrogens (tertiary/aromatic N) is 3. The summed E-state index contributed by atoms with van der Waals surface area (Å²) in [6.07, 6.45) is 4.70. The van der Waals surface area contributed by atoms with Crippen LogP contribution in [-0.4, -0.2) is 21.7 Å². The zero-order valence-electron chi connectivity index (χ0n) is 15.8. The Bertz CT molecular complexity index is 1090. The first kappa shape index (κ1) is 18.9. The molecule has 2 aromatic rings. The lowest BCUT2D eigenvalue weighted by atomic mass is 9.79. The highest BCUT2D eigenvalue weighted by molar-refractivity contribution is 7.12. The molecule has 2 aliphatic rings. The molecular formula is C21H19N5O2S. The van der Waals surface area contributed by atoms with E-state index in [1.54, 1.807) is 29.7 Å². The Morgan fingerprint density at radius 1 is 1.38 bits per heavy atom. The van der Waals surface area contributed by atoms with Crippen molar-refractivity contribution in [3.63, 3.8) is 0 Å². The Kier molecular flexibility index (Phi) is 4.91. The lowest BCUT2D eigenvalue weighted by molar-refractivity contribution is -0.116. The van der Waals surface area contributed by atoms with Crippen LogP contribution in [0.4, 0.5) is 0 Å². The van der Waals surface area contributed by atoms with E-state index in [0.717, 1.165) is 9.75 Å². The Balaban J connectivity index is 1.81. The van der Waals surface area contributed by atoms with Crippen molar-refractivity contribution >= 4 is 23.0 Å². The molecule has 0 saturated heterocycles. The maximum Gasteiger partial charge on any atom is 0.271 e. The van der Waals surface area contributed by atoms with Gasteiger partial charge in [-0.05, 0) is 44.0 Å². The van der Waals surface area contributed by atoms with E-state index < -0.39 is 11.8 Å². The Labute approximate surface area is 172 Å². The number of Topliss-reactive ketones (excluding diaryl/α,β-unsaturated/α-hetero) is 1. The van der Waals surface area contributed by atoms with Gasteiger partial charge in [0.05, 0.1) is 28.8 Å². The molecule has 0 aromatic carbocycles. The highest BCUT2D eigenvalue weighted by Gasteiger charge is 2.41. The fraction of sp³-hybridized carbons (Fsp3) is 0.238. The second-order valence-corrected chi connectivity index (χ2v) is 8.27. The van der Waals surface area contributed by atoms with E-state index in [2.05, 4.69) is 16.5 Å². The van der Waals surface area contributed by atoms with Crippen LogP contribution in [0.5, 0.6) is 0 Å². The van der Waals surface area contributed by atoms with Crippen molar-refractivity contribution in [1.29, 1.82) is 5.26 Å². The summed E-state index contributed by atoms with van der Waals surface area (Å²) in [6.45, 7) is 1.98. The number of carbonyl (C=O) groups excluding carboxylic acids is 2. The summed E-state index contributed by atoms with van der Waals surface area (Å²) in [5.41, 5.74) is 11.0.